The first-order valence-corrected chi connectivity index (χ1v) is 12.7. The van der Waals surface area contributed by atoms with Crippen LogP contribution in [0.3, 0.4) is 0 Å². The molecule has 41 heavy (non-hydrogen) atoms. The second kappa shape index (κ2) is 11.2. The van der Waals surface area contributed by atoms with Crippen molar-refractivity contribution in [3.05, 3.63) is 58.3 Å². The van der Waals surface area contributed by atoms with Crippen LogP contribution in [0.4, 0.5) is 50.1 Å². The molecule has 226 valence electrons. The number of alkyl halides is 9. The maximum Gasteiger partial charge on any atom is 0.417 e. The summed E-state index contributed by atoms with van der Waals surface area (Å²) in [5.74, 6) is 0.175. The van der Waals surface area contributed by atoms with Gasteiger partial charge in [-0.15, -0.1) is 0 Å². The Kier molecular flexibility index (Phi) is 8.40. The quantitative estimate of drug-likeness (QED) is 0.328. The molecule has 15 heteroatoms. The third-order valence-corrected chi connectivity index (χ3v) is 7.19. The summed E-state index contributed by atoms with van der Waals surface area (Å²) < 4.78 is 132. The maximum absolute atomic E-state index is 13.6. The summed E-state index contributed by atoms with van der Waals surface area (Å²) in [5, 5.41) is 0. The van der Waals surface area contributed by atoms with Crippen LogP contribution in [0, 0.1) is 0 Å². The van der Waals surface area contributed by atoms with E-state index < -0.39 is 65.6 Å². The fourth-order valence-corrected chi connectivity index (χ4v) is 5.10. The lowest BCUT2D eigenvalue weighted by Gasteiger charge is -2.36. The van der Waals surface area contributed by atoms with E-state index in [0.717, 1.165) is 11.0 Å². The van der Waals surface area contributed by atoms with Crippen molar-refractivity contribution in [2.75, 3.05) is 24.7 Å². The molecule has 2 aliphatic heterocycles. The van der Waals surface area contributed by atoms with E-state index >= 15 is 0 Å². The standard InChI is InChI=1S/C26H26F9N3O3/c1-3-37(20-4-6-40-7-5-20)22-16(10-19(12-36-22)26(33,34)35)13-38-14(2)21(41-23(38)39)15-8-17(24(27,28)29)11-18(9-15)25(30,31)32/h8-12,14,20-21H,3-7,13H2,1-2H3. The Hall–Kier alpha value is -3.23. The summed E-state index contributed by atoms with van der Waals surface area (Å²) in [7, 11) is 0. The number of nitrogens with zero attached hydrogens (tertiary/aromatic N) is 3. The van der Waals surface area contributed by atoms with Crippen LogP contribution in [0.15, 0.2) is 30.5 Å². The summed E-state index contributed by atoms with van der Waals surface area (Å²) in [4.78, 5) is 19.7. The predicted octanol–water partition coefficient (Wildman–Crippen LogP) is 7.23. The Bertz CT molecular complexity index is 1230. The number of carbonyl (C=O) groups excluding carboxylic acids is 1. The van der Waals surface area contributed by atoms with Crippen molar-refractivity contribution in [1.29, 1.82) is 0 Å². The molecule has 1 aromatic carbocycles. The average molecular weight is 599 g/mol. The number of ether oxygens (including phenoxy) is 2. The van der Waals surface area contributed by atoms with Crippen molar-refractivity contribution in [3.63, 3.8) is 0 Å². The molecule has 0 saturated carbocycles. The molecule has 4 rings (SSSR count). The Balaban J connectivity index is 1.71. The first kappa shape index (κ1) is 30.7. The van der Waals surface area contributed by atoms with Crippen LogP contribution in [0.2, 0.25) is 0 Å². The summed E-state index contributed by atoms with van der Waals surface area (Å²) in [6, 6.07) is 0.483. The summed E-state index contributed by atoms with van der Waals surface area (Å²) in [6.45, 7) is 3.88. The van der Waals surface area contributed by atoms with Gasteiger partial charge in [0.1, 0.15) is 11.9 Å². The Morgan fingerprint density at radius 3 is 1.98 bits per heavy atom. The second-order valence-electron chi connectivity index (χ2n) is 9.85. The molecule has 3 heterocycles. The van der Waals surface area contributed by atoms with E-state index in [1.54, 1.807) is 11.8 Å². The largest absolute Gasteiger partial charge is 0.439 e. The average Bonchev–Trinajstić information content (AvgIpc) is 3.17. The maximum atomic E-state index is 13.6. The molecule has 0 N–H and O–H groups in total. The summed E-state index contributed by atoms with van der Waals surface area (Å²) in [6.07, 6.45) is -15.8. The van der Waals surface area contributed by atoms with Crippen LogP contribution < -0.4 is 4.90 Å². The van der Waals surface area contributed by atoms with E-state index in [4.69, 9.17) is 9.47 Å². The second-order valence-corrected chi connectivity index (χ2v) is 9.85. The van der Waals surface area contributed by atoms with Gasteiger partial charge in [-0.1, -0.05) is 0 Å². The molecule has 2 aliphatic rings. The minimum atomic E-state index is -5.12. The van der Waals surface area contributed by atoms with Crippen molar-refractivity contribution < 1.29 is 53.8 Å². The molecule has 2 unspecified atom stereocenters. The van der Waals surface area contributed by atoms with Gasteiger partial charge in [-0.05, 0) is 56.5 Å². The number of benzene rings is 1. The zero-order valence-electron chi connectivity index (χ0n) is 21.8. The molecule has 0 spiro atoms. The fourth-order valence-electron chi connectivity index (χ4n) is 5.10. The third kappa shape index (κ3) is 6.65. The number of amides is 1. The first-order chi connectivity index (χ1) is 19.0. The number of aromatic nitrogens is 1. The SMILES string of the molecule is CCN(c1ncc(C(F)(F)F)cc1CN1C(=O)OC(c2cc(C(F)(F)F)cc(C(F)(F)F)c2)C1C)C1CCOCC1. The van der Waals surface area contributed by atoms with E-state index in [-0.39, 0.29) is 23.5 Å². The lowest BCUT2D eigenvalue weighted by atomic mass is 9.97. The van der Waals surface area contributed by atoms with Crippen LogP contribution in [0.5, 0.6) is 0 Å². The highest BCUT2D eigenvalue weighted by Gasteiger charge is 2.44. The first-order valence-electron chi connectivity index (χ1n) is 12.7. The topological polar surface area (TPSA) is 54.9 Å². The number of halogens is 9. The number of cyclic esters (lactones) is 1. The van der Waals surface area contributed by atoms with E-state index in [1.165, 1.54) is 6.92 Å². The monoisotopic (exact) mass is 599 g/mol. The van der Waals surface area contributed by atoms with Crippen molar-refractivity contribution in [3.8, 4) is 0 Å². The van der Waals surface area contributed by atoms with Gasteiger partial charge in [-0.2, -0.15) is 39.5 Å². The third-order valence-electron chi connectivity index (χ3n) is 7.19. The van der Waals surface area contributed by atoms with Crippen LogP contribution in [0.1, 0.15) is 60.6 Å². The molecule has 1 aromatic heterocycles. The number of rotatable bonds is 6. The molecule has 0 aliphatic carbocycles. The van der Waals surface area contributed by atoms with Gasteiger partial charge >= 0.3 is 24.6 Å². The van der Waals surface area contributed by atoms with Crippen LogP contribution in [-0.4, -0.2) is 47.8 Å². The van der Waals surface area contributed by atoms with Gasteiger partial charge in [-0.25, -0.2) is 9.78 Å². The van der Waals surface area contributed by atoms with E-state index in [2.05, 4.69) is 4.98 Å². The van der Waals surface area contributed by atoms with Gasteiger partial charge in [0.2, 0.25) is 0 Å². The van der Waals surface area contributed by atoms with Crippen LogP contribution >= 0.6 is 0 Å². The molecular formula is C26H26F9N3O3. The fraction of sp³-hybridized carbons (Fsp3) is 0.538. The molecule has 1 amide bonds. The van der Waals surface area contributed by atoms with E-state index in [1.807, 2.05) is 0 Å². The minimum absolute atomic E-state index is 0.00219. The molecule has 0 bridgehead atoms. The highest BCUT2D eigenvalue weighted by Crippen LogP contribution is 2.42. The van der Waals surface area contributed by atoms with Gasteiger partial charge in [0.15, 0.2) is 0 Å². The van der Waals surface area contributed by atoms with Crippen molar-refractivity contribution in [2.45, 2.75) is 70.0 Å². The van der Waals surface area contributed by atoms with Gasteiger partial charge in [0, 0.05) is 37.6 Å². The summed E-state index contributed by atoms with van der Waals surface area (Å²) in [5.41, 5.74) is -4.79. The Labute approximate surface area is 229 Å². The summed E-state index contributed by atoms with van der Waals surface area (Å²) >= 11 is 0. The predicted molar refractivity (Wildman–Crippen MR) is 127 cm³/mol. The Morgan fingerprint density at radius 2 is 1.46 bits per heavy atom. The molecule has 2 aromatic rings. The van der Waals surface area contributed by atoms with Gasteiger partial charge < -0.3 is 14.4 Å². The zero-order valence-corrected chi connectivity index (χ0v) is 21.8. The molecule has 2 atom stereocenters. The van der Waals surface area contributed by atoms with Gasteiger partial charge in [0.05, 0.1) is 29.3 Å². The van der Waals surface area contributed by atoms with Gasteiger partial charge in [0.25, 0.3) is 0 Å². The normalized spacial score (nSPS) is 20.9. The van der Waals surface area contributed by atoms with Gasteiger partial charge in [-0.3, -0.25) is 4.90 Å². The van der Waals surface area contributed by atoms with Crippen molar-refractivity contribution >= 4 is 11.9 Å². The number of carbonyl (C=O) groups is 1. The lowest BCUT2D eigenvalue weighted by molar-refractivity contribution is -0.143. The highest BCUT2D eigenvalue weighted by atomic mass is 19.4. The van der Waals surface area contributed by atoms with Crippen LogP contribution in [-0.2, 0) is 34.5 Å². The van der Waals surface area contributed by atoms with Crippen molar-refractivity contribution in [1.82, 2.24) is 9.88 Å². The zero-order chi connectivity index (χ0) is 30.3. The van der Waals surface area contributed by atoms with E-state index in [0.29, 0.717) is 50.9 Å². The number of hydrogen-bond acceptors (Lipinski definition) is 5. The van der Waals surface area contributed by atoms with E-state index in [9.17, 15) is 44.3 Å². The molecule has 2 saturated heterocycles. The molecule has 2 fully saturated rings. The number of pyridine rings is 1. The number of hydrogen-bond donors (Lipinski definition) is 0. The minimum Gasteiger partial charge on any atom is -0.439 e. The molecule has 0 radical (unpaired) electrons. The molecular weight excluding hydrogens is 573 g/mol. The lowest BCUT2D eigenvalue weighted by Crippen LogP contribution is -2.41. The van der Waals surface area contributed by atoms with Crippen molar-refractivity contribution in [2.24, 2.45) is 0 Å². The highest BCUT2D eigenvalue weighted by molar-refractivity contribution is 5.71. The smallest absolute Gasteiger partial charge is 0.417 e. The molecule has 6 nitrogen and oxygen atoms in total. The van der Waals surface area contributed by atoms with Crippen LogP contribution in [0.25, 0.3) is 0 Å². The Morgan fingerprint density at radius 1 is 0.902 bits per heavy atom. The number of anilines is 1.